The summed E-state index contributed by atoms with van der Waals surface area (Å²) in [5.74, 6) is -0.0828. The average molecular weight is 250 g/mol. The maximum absolute atomic E-state index is 10.9. The van der Waals surface area contributed by atoms with Gasteiger partial charge in [-0.1, -0.05) is 32.4 Å². The Labute approximate surface area is 109 Å². The first-order chi connectivity index (χ1) is 8.49. The van der Waals surface area contributed by atoms with E-state index in [1.807, 2.05) is 38.1 Å². The Balaban J connectivity index is 2.78. The van der Waals surface area contributed by atoms with Crippen molar-refractivity contribution in [3.8, 4) is 5.75 Å². The molecule has 1 N–H and O–H groups in total. The normalized spacial score (nSPS) is 13.9. The molecule has 0 saturated carbocycles. The average Bonchev–Trinajstić information content (AvgIpc) is 2.28. The third-order valence-electron chi connectivity index (χ3n) is 3.00. The molecule has 0 amide bonds. The summed E-state index contributed by atoms with van der Waals surface area (Å²) < 4.78 is 5.87. The Kier molecular flexibility index (Phi) is 5.20. The van der Waals surface area contributed by atoms with E-state index >= 15 is 0 Å². The lowest BCUT2D eigenvalue weighted by molar-refractivity contribution is -0.141. The standard InChI is InChI=1S/C15H22O3/c1-4-10-15(3,11-14(16)17)18-13-8-6-12(5-2)7-9-13/h6-9H,4-5,10-11H2,1-3H3,(H,16,17). The smallest absolute Gasteiger partial charge is 0.307 e. The predicted molar refractivity (Wildman–Crippen MR) is 72.0 cm³/mol. The minimum atomic E-state index is -0.823. The molecule has 0 bridgehead atoms. The van der Waals surface area contributed by atoms with Crippen molar-refractivity contribution in [1.82, 2.24) is 0 Å². The maximum Gasteiger partial charge on any atom is 0.307 e. The summed E-state index contributed by atoms with van der Waals surface area (Å²) >= 11 is 0. The van der Waals surface area contributed by atoms with Crippen LogP contribution in [0.4, 0.5) is 0 Å². The van der Waals surface area contributed by atoms with Gasteiger partial charge in [0.25, 0.3) is 0 Å². The van der Waals surface area contributed by atoms with Gasteiger partial charge in [0, 0.05) is 0 Å². The van der Waals surface area contributed by atoms with Crippen molar-refractivity contribution in [3.05, 3.63) is 29.8 Å². The van der Waals surface area contributed by atoms with Crippen LogP contribution in [-0.2, 0) is 11.2 Å². The van der Waals surface area contributed by atoms with Gasteiger partial charge in [0.2, 0.25) is 0 Å². The van der Waals surface area contributed by atoms with Crippen LogP contribution in [0.2, 0.25) is 0 Å². The molecule has 1 rings (SSSR count). The van der Waals surface area contributed by atoms with Crippen LogP contribution in [-0.4, -0.2) is 16.7 Å². The Hall–Kier alpha value is -1.51. The van der Waals surface area contributed by atoms with Crippen LogP contribution in [0.3, 0.4) is 0 Å². The molecule has 0 aliphatic carbocycles. The van der Waals surface area contributed by atoms with Crippen LogP contribution in [0.15, 0.2) is 24.3 Å². The number of benzene rings is 1. The second kappa shape index (κ2) is 6.43. The highest BCUT2D eigenvalue weighted by Gasteiger charge is 2.28. The van der Waals surface area contributed by atoms with Crippen molar-refractivity contribution in [2.24, 2.45) is 0 Å². The number of rotatable bonds is 7. The zero-order valence-electron chi connectivity index (χ0n) is 11.4. The first-order valence-electron chi connectivity index (χ1n) is 6.49. The first kappa shape index (κ1) is 14.6. The second-order valence-corrected chi connectivity index (χ2v) is 4.87. The molecule has 1 aromatic carbocycles. The van der Waals surface area contributed by atoms with Gasteiger partial charge in [-0.05, 0) is 37.5 Å². The van der Waals surface area contributed by atoms with Crippen LogP contribution in [0.25, 0.3) is 0 Å². The molecule has 0 fully saturated rings. The van der Waals surface area contributed by atoms with Crippen molar-refractivity contribution in [2.45, 2.75) is 52.1 Å². The highest BCUT2D eigenvalue weighted by Crippen LogP contribution is 2.26. The monoisotopic (exact) mass is 250 g/mol. The van der Waals surface area contributed by atoms with Crippen molar-refractivity contribution in [2.75, 3.05) is 0 Å². The van der Waals surface area contributed by atoms with Crippen molar-refractivity contribution >= 4 is 5.97 Å². The molecule has 1 atom stereocenters. The number of aryl methyl sites for hydroxylation is 1. The minimum absolute atomic E-state index is 0.0242. The SMILES string of the molecule is CCCC(C)(CC(=O)O)Oc1ccc(CC)cc1. The molecule has 3 nitrogen and oxygen atoms in total. The zero-order chi connectivity index (χ0) is 13.6. The quantitative estimate of drug-likeness (QED) is 0.803. The van der Waals surface area contributed by atoms with E-state index in [0.29, 0.717) is 0 Å². The van der Waals surface area contributed by atoms with E-state index in [1.54, 1.807) is 0 Å². The minimum Gasteiger partial charge on any atom is -0.487 e. The lowest BCUT2D eigenvalue weighted by atomic mass is 9.96. The second-order valence-electron chi connectivity index (χ2n) is 4.87. The summed E-state index contributed by atoms with van der Waals surface area (Å²) in [4.78, 5) is 10.9. The summed E-state index contributed by atoms with van der Waals surface area (Å²) in [5, 5.41) is 8.96. The van der Waals surface area contributed by atoms with E-state index in [4.69, 9.17) is 9.84 Å². The molecule has 0 aliphatic heterocycles. The summed E-state index contributed by atoms with van der Waals surface area (Å²) in [6, 6.07) is 7.86. The Morgan fingerprint density at radius 3 is 2.33 bits per heavy atom. The van der Waals surface area contributed by atoms with Gasteiger partial charge in [0.1, 0.15) is 11.4 Å². The molecule has 0 spiro atoms. The molecule has 0 saturated heterocycles. The molecule has 18 heavy (non-hydrogen) atoms. The molecule has 0 aromatic heterocycles. The third kappa shape index (κ3) is 4.40. The van der Waals surface area contributed by atoms with Gasteiger partial charge < -0.3 is 9.84 Å². The van der Waals surface area contributed by atoms with E-state index in [0.717, 1.165) is 25.0 Å². The lowest BCUT2D eigenvalue weighted by Gasteiger charge is -2.29. The van der Waals surface area contributed by atoms with E-state index in [9.17, 15) is 4.79 Å². The fourth-order valence-electron chi connectivity index (χ4n) is 2.10. The molecule has 0 heterocycles. The fourth-order valence-corrected chi connectivity index (χ4v) is 2.10. The van der Waals surface area contributed by atoms with Crippen LogP contribution in [0.5, 0.6) is 5.75 Å². The molecular weight excluding hydrogens is 228 g/mol. The van der Waals surface area contributed by atoms with E-state index in [1.165, 1.54) is 5.56 Å². The number of aliphatic carboxylic acids is 1. The molecule has 1 unspecified atom stereocenters. The molecule has 1 aromatic rings. The number of ether oxygens (including phenoxy) is 1. The molecule has 0 aliphatic rings. The number of carboxylic acids is 1. The third-order valence-corrected chi connectivity index (χ3v) is 3.00. The molecule has 3 heteroatoms. The topological polar surface area (TPSA) is 46.5 Å². The van der Waals surface area contributed by atoms with Crippen molar-refractivity contribution in [1.29, 1.82) is 0 Å². The molecule has 0 radical (unpaired) electrons. The van der Waals surface area contributed by atoms with Gasteiger partial charge in [-0.2, -0.15) is 0 Å². The van der Waals surface area contributed by atoms with E-state index < -0.39 is 11.6 Å². The van der Waals surface area contributed by atoms with E-state index in [2.05, 4.69) is 6.92 Å². The Morgan fingerprint density at radius 1 is 1.28 bits per heavy atom. The number of hydrogen-bond acceptors (Lipinski definition) is 2. The van der Waals surface area contributed by atoms with Crippen molar-refractivity contribution in [3.63, 3.8) is 0 Å². The summed E-state index contributed by atoms with van der Waals surface area (Å²) in [5.41, 5.74) is 0.617. The predicted octanol–water partition coefficient (Wildman–Crippen LogP) is 3.66. The van der Waals surface area contributed by atoms with Gasteiger partial charge in [-0.3, -0.25) is 4.79 Å². The summed E-state index contributed by atoms with van der Waals surface area (Å²) in [6.45, 7) is 5.99. The van der Waals surface area contributed by atoms with Gasteiger partial charge in [0.15, 0.2) is 0 Å². The molecular formula is C15H22O3. The fraction of sp³-hybridized carbons (Fsp3) is 0.533. The first-order valence-corrected chi connectivity index (χ1v) is 6.49. The van der Waals surface area contributed by atoms with E-state index in [-0.39, 0.29) is 6.42 Å². The lowest BCUT2D eigenvalue weighted by Crippen LogP contribution is -2.35. The summed E-state index contributed by atoms with van der Waals surface area (Å²) in [6.07, 6.45) is 2.64. The van der Waals surface area contributed by atoms with Gasteiger partial charge >= 0.3 is 5.97 Å². The highest BCUT2D eigenvalue weighted by atomic mass is 16.5. The van der Waals surface area contributed by atoms with Gasteiger partial charge in [-0.25, -0.2) is 0 Å². The van der Waals surface area contributed by atoms with Crippen LogP contribution >= 0.6 is 0 Å². The van der Waals surface area contributed by atoms with Crippen molar-refractivity contribution < 1.29 is 14.6 Å². The Bertz CT molecular complexity index is 383. The van der Waals surface area contributed by atoms with Crippen LogP contribution in [0.1, 0.15) is 45.6 Å². The summed E-state index contributed by atoms with van der Waals surface area (Å²) in [7, 11) is 0. The number of hydrogen-bond donors (Lipinski definition) is 1. The molecule has 100 valence electrons. The number of carboxylic acid groups (broad SMARTS) is 1. The van der Waals surface area contributed by atoms with Crippen LogP contribution < -0.4 is 4.74 Å². The van der Waals surface area contributed by atoms with Crippen LogP contribution in [0, 0.1) is 0 Å². The number of carbonyl (C=O) groups is 1. The highest BCUT2D eigenvalue weighted by molar-refractivity contribution is 5.68. The Morgan fingerprint density at radius 2 is 1.89 bits per heavy atom. The zero-order valence-corrected chi connectivity index (χ0v) is 11.4. The largest absolute Gasteiger partial charge is 0.487 e. The van der Waals surface area contributed by atoms with Gasteiger partial charge in [-0.15, -0.1) is 0 Å². The van der Waals surface area contributed by atoms with Gasteiger partial charge in [0.05, 0.1) is 6.42 Å². The maximum atomic E-state index is 10.9.